The van der Waals surface area contributed by atoms with Gasteiger partial charge in [-0.1, -0.05) is 29.3 Å². The van der Waals surface area contributed by atoms with Crippen LogP contribution < -0.4 is 15.0 Å². The molecule has 3 aromatic rings. The van der Waals surface area contributed by atoms with Gasteiger partial charge in [-0.3, -0.25) is 0 Å². The predicted octanol–water partition coefficient (Wildman–Crippen LogP) is 4.93. The monoisotopic (exact) mass is 536 g/mol. The van der Waals surface area contributed by atoms with Crippen molar-refractivity contribution in [1.82, 2.24) is 5.32 Å². The van der Waals surface area contributed by atoms with E-state index in [1.54, 1.807) is 32.9 Å². The Morgan fingerprint density at radius 2 is 1.92 bits per heavy atom. The third kappa shape index (κ3) is 5.83. The van der Waals surface area contributed by atoms with Crippen LogP contribution in [0, 0.1) is 0 Å². The van der Waals surface area contributed by atoms with Crippen LogP contribution in [-0.4, -0.2) is 53.7 Å². The fraction of sp³-hybridized carbons (Fsp3) is 0.423. The number of alkyl carbamates (subject to hydrolysis) is 1. The smallest absolute Gasteiger partial charge is 0.408 e. The van der Waals surface area contributed by atoms with Gasteiger partial charge in [0.1, 0.15) is 34.8 Å². The van der Waals surface area contributed by atoms with E-state index < -0.39 is 30.4 Å². The highest BCUT2D eigenvalue weighted by Crippen LogP contribution is 2.37. The maximum Gasteiger partial charge on any atom is 0.408 e. The first-order chi connectivity index (χ1) is 17.0. The van der Waals surface area contributed by atoms with E-state index in [1.165, 1.54) is 0 Å². The van der Waals surface area contributed by atoms with Gasteiger partial charge in [0.2, 0.25) is 0 Å². The Morgan fingerprint density at radius 1 is 1.17 bits per heavy atom. The molecule has 0 unspecified atom stereocenters. The number of halogens is 2. The van der Waals surface area contributed by atoms with Gasteiger partial charge in [0.05, 0.1) is 18.2 Å². The van der Waals surface area contributed by atoms with Gasteiger partial charge in [0.15, 0.2) is 0 Å². The second-order valence-electron chi connectivity index (χ2n) is 9.95. The van der Waals surface area contributed by atoms with Crippen molar-refractivity contribution in [1.29, 1.82) is 0 Å². The lowest BCUT2D eigenvalue weighted by molar-refractivity contribution is 0.0309. The number of amides is 1. The second kappa shape index (κ2) is 10.4. The summed E-state index contributed by atoms with van der Waals surface area (Å²) in [5.74, 6) is 1.32. The lowest BCUT2D eigenvalue weighted by atomic mass is 10.0. The van der Waals surface area contributed by atoms with Crippen molar-refractivity contribution < 1.29 is 28.9 Å². The summed E-state index contributed by atoms with van der Waals surface area (Å²) in [5.41, 5.74) is 0.513. The van der Waals surface area contributed by atoms with Crippen LogP contribution in [-0.2, 0) is 17.8 Å². The molecule has 36 heavy (non-hydrogen) atoms. The van der Waals surface area contributed by atoms with Crippen LogP contribution in [0.4, 0.5) is 10.5 Å². The van der Waals surface area contributed by atoms with Crippen molar-refractivity contribution in [2.75, 3.05) is 31.2 Å². The Morgan fingerprint density at radius 3 is 2.61 bits per heavy atom. The number of nitrogens with zero attached hydrogens (tertiary/aromatic N) is 1. The summed E-state index contributed by atoms with van der Waals surface area (Å²) in [4.78, 5) is 14.4. The number of aliphatic hydroxyl groups excluding tert-OH is 2. The average Bonchev–Trinajstić information content (AvgIpc) is 3.40. The highest BCUT2D eigenvalue weighted by Gasteiger charge is 2.37. The molecule has 2 aromatic carbocycles. The number of ether oxygens (including phenoxy) is 2. The van der Waals surface area contributed by atoms with Crippen LogP contribution in [0.15, 0.2) is 40.8 Å². The Labute approximate surface area is 219 Å². The highest BCUT2D eigenvalue weighted by atomic mass is 35.5. The molecule has 0 atom stereocenters. The minimum atomic E-state index is -1.28. The molecule has 1 amide bonds. The van der Waals surface area contributed by atoms with Gasteiger partial charge >= 0.3 is 6.09 Å². The number of hydrogen-bond donors (Lipinski definition) is 3. The summed E-state index contributed by atoms with van der Waals surface area (Å²) in [6.07, 6.45) is 0.00115. The number of carbonyl (C=O) groups is 1. The molecule has 4 rings (SSSR count). The van der Waals surface area contributed by atoms with Crippen molar-refractivity contribution in [3.8, 4) is 5.75 Å². The van der Waals surface area contributed by atoms with E-state index in [0.29, 0.717) is 40.1 Å². The number of nitrogens with one attached hydrogen (secondary N) is 1. The van der Waals surface area contributed by atoms with Gasteiger partial charge < -0.3 is 34.3 Å². The minimum absolute atomic E-state index is 0.193. The fourth-order valence-corrected chi connectivity index (χ4v) is 4.79. The number of rotatable bonds is 8. The van der Waals surface area contributed by atoms with Gasteiger partial charge in [-0.25, -0.2) is 4.79 Å². The normalized spacial score (nSPS) is 13.7. The average molecular weight is 537 g/mol. The molecule has 0 bridgehead atoms. The SMILES string of the molecule is CC(C)(C)OC(=O)NC(CO)(CO)CN1CCc2c(OCc3cc4c(Cl)cc(Cl)cc4o3)cccc21. The lowest BCUT2D eigenvalue weighted by Gasteiger charge is -2.36. The highest BCUT2D eigenvalue weighted by molar-refractivity contribution is 6.38. The predicted molar refractivity (Wildman–Crippen MR) is 139 cm³/mol. The van der Waals surface area contributed by atoms with E-state index in [1.807, 2.05) is 29.2 Å². The van der Waals surface area contributed by atoms with Crippen LogP contribution >= 0.6 is 23.2 Å². The van der Waals surface area contributed by atoms with Crippen molar-refractivity contribution in [3.63, 3.8) is 0 Å². The van der Waals surface area contributed by atoms with E-state index in [9.17, 15) is 15.0 Å². The number of benzene rings is 2. The number of fused-ring (bicyclic) bond motifs is 2. The molecular formula is C26H30Cl2N2O6. The Hall–Kier alpha value is -2.65. The number of anilines is 1. The molecule has 10 heteroatoms. The zero-order valence-corrected chi connectivity index (χ0v) is 21.9. The molecular weight excluding hydrogens is 507 g/mol. The maximum absolute atomic E-state index is 12.4. The molecule has 1 aliphatic heterocycles. The van der Waals surface area contributed by atoms with Gasteiger partial charge in [-0.05, 0) is 51.5 Å². The molecule has 194 valence electrons. The zero-order valence-electron chi connectivity index (χ0n) is 20.4. The molecule has 0 radical (unpaired) electrons. The molecule has 1 aliphatic rings. The summed E-state index contributed by atoms with van der Waals surface area (Å²) < 4.78 is 17.3. The molecule has 1 aromatic heterocycles. The van der Waals surface area contributed by atoms with E-state index in [2.05, 4.69) is 5.32 Å². The van der Waals surface area contributed by atoms with Crippen LogP contribution in [0.2, 0.25) is 10.0 Å². The molecule has 0 saturated heterocycles. The van der Waals surface area contributed by atoms with Crippen LogP contribution in [0.1, 0.15) is 32.1 Å². The molecule has 8 nitrogen and oxygen atoms in total. The third-order valence-corrected chi connectivity index (χ3v) is 6.45. The third-order valence-electron chi connectivity index (χ3n) is 5.92. The largest absolute Gasteiger partial charge is 0.485 e. The standard InChI is InChI=1S/C26H30Cl2N2O6/c1-25(2,3)36-24(33)29-26(14-31,15-32)13-30-8-7-18-21(30)5-4-6-22(18)34-12-17-11-19-20(28)9-16(27)10-23(19)35-17/h4-6,9-11,31-32H,7-8,12-15H2,1-3H3,(H,29,33). The van der Waals surface area contributed by atoms with Gasteiger partial charge in [-0.2, -0.15) is 0 Å². The summed E-state index contributed by atoms with van der Waals surface area (Å²) >= 11 is 12.3. The van der Waals surface area contributed by atoms with Crippen molar-refractivity contribution in [2.24, 2.45) is 0 Å². The number of aliphatic hydroxyl groups is 2. The summed E-state index contributed by atoms with van der Waals surface area (Å²) in [6, 6.07) is 10.9. The van der Waals surface area contributed by atoms with Crippen LogP contribution in [0.5, 0.6) is 5.75 Å². The molecule has 3 N–H and O–H groups in total. The van der Waals surface area contributed by atoms with E-state index in [4.69, 9.17) is 37.1 Å². The molecule has 0 fully saturated rings. The molecule has 0 spiro atoms. The topological polar surface area (TPSA) is 104 Å². The van der Waals surface area contributed by atoms with Crippen LogP contribution in [0.3, 0.4) is 0 Å². The van der Waals surface area contributed by atoms with Crippen molar-refractivity contribution >= 4 is 46.0 Å². The van der Waals surface area contributed by atoms with Crippen molar-refractivity contribution in [2.45, 2.75) is 44.9 Å². The Bertz CT molecular complexity index is 1250. The van der Waals surface area contributed by atoms with E-state index in [-0.39, 0.29) is 13.2 Å². The van der Waals surface area contributed by atoms with E-state index in [0.717, 1.165) is 16.6 Å². The minimum Gasteiger partial charge on any atom is -0.485 e. The van der Waals surface area contributed by atoms with Crippen molar-refractivity contribution in [3.05, 3.63) is 57.8 Å². The maximum atomic E-state index is 12.4. The van der Waals surface area contributed by atoms with Crippen LogP contribution in [0.25, 0.3) is 11.0 Å². The van der Waals surface area contributed by atoms with Gasteiger partial charge in [-0.15, -0.1) is 0 Å². The number of hydrogen-bond acceptors (Lipinski definition) is 7. The zero-order chi connectivity index (χ0) is 26.1. The summed E-state index contributed by atoms with van der Waals surface area (Å²) in [7, 11) is 0. The quantitative estimate of drug-likeness (QED) is 0.374. The van der Waals surface area contributed by atoms with E-state index >= 15 is 0 Å². The summed E-state index contributed by atoms with van der Waals surface area (Å²) in [6.45, 7) is 5.37. The fourth-order valence-electron chi connectivity index (χ4n) is 4.26. The Kier molecular flexibility index (Phi) is 7.61. The first-order valence-corrected chi connectivity index (χ1v) is 12.4. The first-order valence-electron chi connectivity index (χ1n) is 11.6. The lowest BCUT2D eigenvalue weighted by Crippen LogP contribution is -2.61. The Balaban J connectivity index is 1.48. The van der Waals surface area contributed by atoms with Gasteiger partial charge in [0.25, 0.3) is 0 Å². The molecule has 2 heterocycles. The number of furan rings is 1. The first kappa shape index (κ1) is 26.4. The summed E-state index contributed by atoms with van der Waals surface area (Å²) in [5, 5.41) is 24.6. The molecule has 0 saturated carbocycles. The second-order valence-corrected chi connectivity index (χ2v) is 10.8. The van der Waals surface area contributed by atoms with Gasteiger partial charge in [0, 0.05) is 40.8 Å². The molecule has 0 aliphatic carbocycles. The number of carbonyl (C=O) groups excluding carboxylic acids is 1.